The number of benzene rings is 1. The highest BCUT2D eigenvalue weighted by Crippen LogP contribution is 2.31. The molecule has 216 valence electrons. The highest BCUT2D eigenvalue weighted by molar-refractivity contribution is 5.96. The Morgan fingerprint density at radius 2 is 1.93 bits per heavy atom. The first-order valence-electron chi connectivity index (χ1n) is 12.8. The van der Waals surface area contributed by atoms with E-state index in [9.17, 15) is 27.6 Å². The van der Waals surface area contributed by atoms with Crippen molar-refractivity contribution < 1.29 is 36.7 Å². The normalized spacial score (nSPS) is 17.3. The van der Waals surface area contributed by atoms with Gasteiger partial charge in [-0.05, 0) is 37.1 Å². The minimum atomic E-state index is -4.66. The second-order valence-electron chi connectivity index (χ2n) is 8.92. The SMILES string of the molecule is CC.COCc1nc(OCc2cc(C(F)(F)F)ccc2F)c(C#N)cc1C(=O)N1CCC(C2N=C(C)ON2)CC1. The number of aliphatic imine (C=N–C) groups is 1. The van der Waals surface area contributed by atoms with Gasteiger partial charge in [0.2, 0.25) is 11.8 Å². The van der Waals surface area contributed by atoms with Crippen molar-refractivity contribution in [3.63, 3.8) is 0 Å². The number of ether oxygens (including phenoxy) is 2. The molecule has 13 heteroatoms. The highest BCUT2D eigenvalue weighted by atomic mass is 19.4. The Balaban J connectivity index is 0.00000216. The quantitative estimate of drug-likeness (QED) is 0.471. The summed E-state index contributed by atoms with van der Waals surface area (Å²) >= 11 is 0. The molecular formula is C27H31F4N5O4. The Hall–Kier alpha value is -3.76. The van der Waals surface area contributed by atoms with Crippen LogP contribution in [0.1, 0.15) is 66.4 Å². The van der Waals surface area contributed by atoms with Crippen LogP contribution in [0, 0.1) is 23.1 Å². The van der Waals surface area contributed by atoms with Gasteiger partial charge in [-0.15, -0.1) is 5.48 Å². The van der Waals surface area contributed by atoms with Crippen LogP contribution < -0.4 is 10.2 Å². The van der Waals surface area contributed by atoms with E-state index in [1.807, 2.05) is 19.9 Å². The lowest BCUT2D eigenvalue weighted by atomic mass is 9.93. The van der Waals surface area contributed by atoms with E-state index in [-0.39, 0.29) is 52.9 Å². The summed E-state index contributed by atoms with van der Waals surface area (Å²) < 4.78 is 63.8. The van der Waals surface area contributed by atoms with Crippen molar-refractivity contribution in [3.8, 4) is 11.9 Å². The first-order valence-corrected chi connectivity index (χ1v) is 12.8. The number of pyridine rings is 1. The van der Waals surface area contributed by atoms with Gasteiger partial charge >= 0.3 is 6.18 Å². The molecule has 0 saturated carbocycles. The standard InChI is InChI=1S/C25H25F4N5O4.C2H6/c1-14-31-22(33-38-14)15-5-7-34(8-6-15)24(35)19-10-16(11-30)23(32-21(19)13-36-2)37-12-17-9-18(25(27,28)29)3-4-20(17)26;1-2/h3-4,9-10,15,22,33H,5-8,12-13H2,1-2H3;1-2H3. The first-order chi connectivity index (χ1) is 19.1. The number of nitrogens with one attached hydrogen (secondary N) is 1. The molecule has 4 rings (SSSR count). The molecule has 1 unspecified atom stereocenters. The molecule has 0 bridgehead atoms. The van der Waals surface area contributed by atoms with Gasteiger partial charge in [0.15, 0.2) is 0 Å². The number of carbonyl (C=O) groups excluding carboxylic acids is 1. The number of nitriles is 1. The minimum absolute atomic E-state index is 0.0884. The molecule has 2 aromatic rings. The van der Waals surface area contributed by atoms with Gasteiger partial charge in [0, 0.05) is 38.6 Å². The number of rotatable bonds is 7. The second-order valence-corrected chi connectivity index (χ2v) is 8.92. The zero-order valence-corrected chi connectivity index (χ0v) is 22.6. The molecule has 1 aromatic carbocycles. The number of aromatic nitrogens is 1. The third kappa shape index (κ3) is 7.25. The summed E-state index contributed by atoms with van der Waals surface area (Å²) in [4.78, 5) is 28.9. The van der Waals surface area contributed by atoms with Crippen molar-refractivity contribution in [1.29, 1.82) is 5.26 Å². The van der Waals surface area contributed by atoms with Gasteiger partial charge in [0.05, 0.1) is 23.4 Å². The summed E-state index contributed by atoms with van der Waals surface area (Å²) in [7, 11) is 1.40. The lowest BCUT2D eigenvalue weighted by molar-refractivity contribution is -0.137. The number of hydrogen-bond donors (Lipinski definition) is 1. The van der Waals surface area contributed by atoms with E-state index >= 15 is 0 Å². The van der Waals surface area contributed by atoms with E-state index in [0.29, 0.717) is 50.0 Å². The molecule has 2 aliphatic heterocycles. The van der Waals surface area contributed by atoms with Gasteiger partial charge in [-0.1, -0.05) is 13.8 Å². The molecule has 1 N–H and O–H groups in total. The predicted molar refractivity (Wildman–Crippen MR) is 136 cm³/mol. The zero-order chi connectivity index (χ0) is 29.4. The van der Waals surface area contributed by atoms with Crippen LogP contribution in [0.25, 0.3) is 0 Å². The number of likely N-dealkylation sites (tertiary alicyclic amines) is 1. The van der Waals surface area contributed by atoms with Gasteiger partial charge in [0.1, 0.15) is 30.2 Å². The third-order valence-corrected chi connectivity index (χ3v) is 6.36. The first kappa shape index (κ1) is 30.8. The summed E-state index contributed by atoms with van der Waals surface area (Å²) in [6.45, 7) is 5.97. The molecular weight excluding hydrogens is 534 g/mol. The molecule has 1 atom stereocenters. The van der Waals surface area contributed by atoms with Crippen LogP contribution in [0.15, 0.2) is 29.3 Å². The topological polar surface area (TPSA) is 109 Å². The average Bonchev–Trinajstić information content (AvgIpc) is 3.39. The zero-order valence-electron chi connectivity index (χ0n) is 22.6. The van der Waals surface area contributed by atoms with Gasteiger partial charge in [0.25, 0.3) is 5.91 Å². The third-order valence-electron chi connectivity index (χ3n) is 6.36. The number of nitrogens with zero attached hydrogens (tertiary/aromatic N) is 4. The Kier molecular flexibility index (Phi) is 10.4. The highest BCUT2D eigenvalue weighted by Gasteiger charge is 2.33. The van der Waals surface area contributed by atoms with Crippen LogP contribution in [0.2, 0.25) is 0 Å². The van der Waals surface area contributed by atoms with Crippen molar-refractivity contribution in [3.05, 3.63) is 58.0 Å². The monoisotopic (exact) mass is 565 g/mol. The van der Waals surface area contributed by atoms with E-state index in [2.05, 4.69) is 15.5 Å². The smallest absolute Gasteiger partial charge is 0.416 e. The molecule has 1 fully saturated rings. The van der Waals surface area contributed by atoms with E-state index in [4.69, 9.17) is 14.3 Å². The number of carbonyl (C=O) groups is 1. The van der Waals surface area contributed by atoms with E-state index in [0.717, 1.165) is 0 Å². The Labute approximate surface area is 229 Å². The Morgan fingerprint density at radius 1 is 1.23 bits per heavy atom. The van der Waals surface area contributed by atoms with Crippen molar-refractivity contribution in [2.45, 2.75) is 59.2 Å². The predicted octanol–water partition coefficient (Wildman–Crippen LogP) is 4.99. The summed E-state index contributed by atoms with van der Waals surface area (Å²) in [6, 6.07) is 5.17. The lowest BCUT2D eigenvalue weighted by Crippen LogP contribution is -2.43. The molecule has 1 amide bonds. The van der Waals surface area contributed by atoms with Crippen molar-refractivity contribution in [2.75, 3.05) is 20.2 Å². The van der Waals surface area contributed by atoms with Crippen LogP contribution in [-0.2, 0) is 29.0 Å². The molecule has 9 nitrogen and oxygen atoms in total. The molecule has 40 heavy (non-hydrogen) atoms. The van der Waals surface area contributed by atoms with Gasteiger partial charge < -0.3 is 19.2 Å². The van der Waals surface area contributed by atoms with Crippen LogP contribution in [-0.4, -0.2) is 48.1 Å². The van der Waals surface area contributed by atoms with E-state index < -0.39 is 24.2 Å². The maximum atomic E-state index is 14.1. The fourth-order valence-corrected chi connectivity index (χ4v) is 4.35. The summed E-state index contributed by atoms with van der Waals surface area (Å²) in [6.07, 6.45) is -3.45. The largest absolute Gasteiger partial charge is 0.472 e. The number of methoxy groups -OCH3 is 1. The fourth-order valence-electron chi connectivity index (χ4n) is 4.35. The molecule has 3 heterocycles. The van der Waals surface area contributed by atoms with Gasteiger partial charge in [-0.25, -0.2) is 14.4 Å². The second kappa shape index (κ2) is 13.5. The lowest BCUT2D eigenvalue weighted by Gasteiger charge is -2.33. The Bertz CT molecular complexity index is 1270. The van der Waals surface area contributed by atoms with E-state index in [1.54, 1.807) is 11.8 Å². The molecule has 0 spiro atoms. The van der Waals surface area contributed by atoms with Crippen LogP contribution in [0.5, 0.6) is 5.88 Å². The number of alkyl halides is 3. The molecule has 0 aliphatic carbocycles. The minimum Gasteiger partial charge on any atom is -0.472 e. The molecule has 0 radical (unpaired) electrons. The maximum Gasteiger partial charge on any atom is 0.416 e. The van der Waals surface area contributed by atoms with Crippen molar-refractivity contribution >= 4 is 11.8 Å². The van der Waals surface area contributed by atoms with Crippen LogP contribution >= 0.6 is 0 Å². The summed E-state index contributed by atoms with van der Waals surface area (Å²) in [5.74, 6) is -0.734. The number of hydroxylamine groups is 1. The average molecular weight is 566 g/mol. The number of hydrogen-bond acceptors (Lipinski definition) is 8. The summed E-state index contributed by atoms with van der Waals surface area (Å²) in [5.41, 5.74) is 1.70. The number of piperidine rings is 1. The van der Waals surface area contributed by atoms with Gasteiger partial charge in [-0.2, -0.15) is 18.4 Å². The molecule has 1 saturated heterocycles. The van der Waals surface area contributed by atoms with Crippen LogP contribution in [0.3, 0.4) is 0 Å². The fraction of sp³-hybridized carbons (Fsp3) is 0.481. The van der Waals surface area contributed by atoms with Crippen LogP contribution in [0.4, 0.5) is 17.6 Å². The molecule has 1 aromatic heterocycles. The Morgan fingerprint density at radius 3 is 2.50 bits per heavy atom. The van der Waals surface area contributed by atoms with Crippen molar-refractivity contribution in [1.82, 2.24) is 15.4 Å². The summed E-state index contributed by atoms with van der Waals surface area (Å²) in [5, 5.41) is 9.66. The number of amides is 1. The van der Waals surface area contributed by atoms with Crippen molar-refractivity contribution in [2.24, 2.45) is 10.9 Å². The maximum absolute atomic E-state index is 14.1. The van der Waals surface area contributed by atoms with Gasteiger partial charge in [-0.3, -0.25) is 4.79 Å². The van der Waals surface area contributed by atoms with E-state index in [1.165, 1.54) is 13.2 Å². The molecule has 2 aliphatic rings. The number of halogens is 4.